The monoisotopic (exact) mass is 850 g/mol. The van der Waals surface area contributed by atoms with Crippen molar-refractivity contribution in [1.29, 1.82) is 0 Å². The van der Waals surface area contributed by atoms with E-state index in [0.29, 0.717) is 17.0 Å². The van der Waals surface area contributed by atoms with Gasteiger partial charge in [-0.1, -0.05) is 91.5 Å². The van der Waals surface area contributed by atoms with Crippen molar-refractivity contribution < 1.29 is 38.8 Å². The number of aromatic nitrogens is 2. The number of ketones is 1. The number of nitrogens with zero attached hydrogens (tertiary/aromatic N) is 2. The molecule has 4 aromatic heterocycles. The van der Waals surface area contributed by atoms with E-state index >= 15 is 0 Å². The zero-order valence-corrected chi connectivity index (χ0v) is 33.1. The van der Waals surface area contributed by atoms with Gasteiger partial charge in [-0.25, -0.2) is 4.98 Å². The molecule has 6 rings (SSSR count). The van der Waals surface area contributed by atoms with E-state index in [1.165, 1.54) is 17.0 Å². The molecule has 0 aliphatic rings. The number of carbonyl (C=O) groups excluding carboxylic acids is 1. The number of fused-ring (bicyclic) bond motifs is 3. The fraction of sp³-hybridized carbons (Fsp3) is 0.372. The van der Waals surface area contributed by atoms with Gasteiger partial charge >= 0.3 is 0 Å². The van der Waals surface area contributed by atoms with Gasteiger partial charge in [0.1, 0.15) is 17.0 Å². The Bertz CT molecular complexity index is 2120. The van der Waals surface area contributed by atoms with Crippen LogP contribution in [0.1, 0.15) is 93.6 Å². The summed E-state index contributed by atoms with van der Waals surface area (Å²) in [6, 6.07) is 21.9. The Hall–Kier alpha value is -4.06. The van der Waals surface area contributed by atoms with E-state index < -0.39 is 0 Å². The SMILES string of the molecule is CC(C)(C)c1cc(-c2nccc3oc(-c4nccc5ccoc45)cc23)[c-]c2ccccc12.CCC(C)(CC)C(=O)/C=C(\O)C(C)(CC)CC.[Ir]. The van der Waals surface area contributed by atoms with Gasteiger partial charge in [0.25, 0.3) is 0 Å². The molecule has 0 bridgehead atoms. The molecule has 2 aromatic carbocycles. The van der Waals surface area contributed by atoms with Crippen LogP contribution in [0.4, 0.5) is 0 Å². The Labute approximate surface area is 309 Å². The van der Waals surface area contributed by atoms with Crippen LogP contribution < -0.4 is 0 Å². The molecule has 0 fully saturated rings. The molecule has 0 spiro atoms. The van der Waals surface area contributed by atoms with Crippen LogP contribution in [0.25, 0.3) is 55.4 Å². The summed E-state index contributed by atoms with van der Waals surface area (Å²) in [5.41, 5.74) is 4.62. The van der Waals surface area contributed by atoms with Gasteiger partial charge in [-0.05, 0) is 55.4 Å². The van der Waals surface area contributed by atoms with Crippen LogP contribution in [-0.2, 0) is 30.3 Å². The second-order valence-electron chi connectivity index (χ2n) is 14.5. The summed E-state index contributed by atoms with van der Waals surface area (Å²) in [4.78, 5) is 21.4. The average Bonchev–Trinajstić information content (AvgIpc) is 3.78. The van der Waals surface area contributed by atoms with E-state index in [9.17, 15) is 9.90 Å². The summed E-state index contributed by atoms with van der Waals surface area (Å²) < 4.78 is 11.9. The van der Waals surface area contributed by atoms with E-state index in [1.807, 2.05) is 65.8 Å². The number of hydrogen-bond acceptors (Lipinski definition) is 6. The van der Waals surface area contributed by atoms with Crippen LogP contribution >= 0.6 is 0 Å². The molecule has 4 heterocycles. The predicted molar refractivity (Wildman–Crippen MR) is 201 cm³/mol. The normalized spacial score (nSPS) is 12.5. The Balaban J connectivity index is 0.000000269. The first-order valence-electron chi connectivity index (χ1n) is 17.4. The van der Waals surface area contributed by atoms with Crippen LogP contribution in [0.15, 0.2) is 93.9 Å². The number of rotatable bonds is 9. The van der Waals surface area contributed by atoms with Crippen LogP contribution in [0.5, 0.6) is 0 Å². The van der Waals surface area contributed by atoms with E-state index in [1.54, 1.807) is 18.7 Å². The molecule has 0 amide bonds. The maximum Gasteiger partial charge on any atom is 0.164 e. The Morgan fingerprint density at radius 2 is 1.46 bits per heavy atom. The summed E-state index contributed by atoms with van der Waals surface area (Å²) in [5.74, 6) is 0.945. The third-order valence-electron chi connectivity index (χ3n) is 10.5. The molecule has 0 saturated carbocycles. The minimum atomic E-state index is -0.337. The fourth-order valence-corrected chi connectivity index (χ4v) is 6.03. The van der Waals surface area contributed by atoms with Gasteiger partial charge in [-0.2, -0.15) is 0 Å². The number of aliphatic hydroxyl groups excluding tert-OH is 1. The van der Waals surface area contributed by atoms with E-state index in [-0.39, 0.29) is 47.9 Å². The van der Waals surface area contributed by atoms with E-state index in [2.05, 4.69) is 62.2 Å². The smallest absolute Gasteiger partial charge is 0.164 e. The van der Waals surface area contributed by atoms with E-state index in [0.717, 1.165) is 58.7 Å². The molecule has 0 saturated heterocycles. The van der Waals surface area contributed by atoms with Crippen LogP contribution in [0, 0.1) is 16.9 Å². The molecule has 6 nitrogen and oxygen atoms in total. The van der Waals surface area contributed by atoms with Crippen molar-refractivity contribution in [2.75, 3.05) is 0 Å². The number of carbonyl (C=O) groups is 1. The molecule has 0 unspecified atom stereocenters. The number of aliphatic hydroxyl groups is 1. The third kappa shape index (κ3) is 7.65. The molecule has 1 N–H and O–H groups in total. The maximum absolute atomic E-state index is 12.2. The Morgan fingerprint density at radius 1 is 0.820 bits per heavy atom. The quantitative estimate of drug-likeness (QED) is 0.0885. The molecule has 0 atom stereocenters. The zero-order chi connectivity index (χ0) is 35.6. The summed E-state index contributed by atoms with van der Waals surface area (Å²) in [7, 11) is 0. The van der Waals surface area contributed by atoms with Crippen molar-refractivity contribution in [3.63, 3.8) is 0 Å². The molecule has 1 radical (unpaired) electrons. The number of pyridine rings is 2. The minimum Gasteiger partial charge on any atom is -0.512 e. The van der Waals surface area contributed by atoms with Crippen molar-refractivity contribution in [3.8, 4) is 22.7 Å². The molecular weight excluding hydrogens is 801 g/mol. The van der Waals surface area contributed by atoms with E-state index in [4.69, 9.17) is 13.8 Å². The molecule has 50 heavy (non-hydrogen) atoms. The van der Waals surface area contributed by atoms with Crippen molar-refractivity contribution in [1.82, 2.24) is 9.97 Å². The summed E-state index contributed by atoms with van der Waals surface area (Å²) in [6.07, 6.45) is 9.98. The Kier molecular flexibility index (Phi) is 12.0. The second kappa shape index (κ2) is 15.4. The average molecular weight is 850 g/mol. The number of furan rings is 2. The van der Waals surface area contributed by atoms with Gasteiger partial charge < -0.3 is 13.9 Å². The topological polar surface area (TPSA) is 89.4 Å². The van der Waals surface area contributed by atoms with Crippen LogP contribution in [-0.4, -0.2) is 20.9 Å². The molecule has 6 aromatic rings. The summed E-state index contributed by atoms with van der Waals surface area (Å²) in [6.45, 7) is 18.8. The third-order valence-corrected chi connectivity index (χ3v) is 10.5. The van der Waals surface area contributed by atoms with Gasteiger partial charge in [0.2, 0.25) is 0 Å². The van der Waals surface area contributed by atoms with Crippen molar-refractivity contribution >= 4 is 38.5 Å². The minimum absolute atomic E-state index is 0. The van der Waals surface area contributed by atoms with Crippen molar-refractivity contribution in [2.45, 2.75) is 93.4 Å². The Morgan fingerprint density at radius 3 is 2.12 bits per heavy atom. The maximum atomic E-state index is 12.2. The first kappa shape index (κ1) is 38.7. The van der Waals surface area contributed by atoms with Gasteiger partial charge in [-0.3, -0.25) is 9.78 Å². The van der Waals surface area contributed by atoms with Gasteiger partial charge in [0.15, 0.2) is 17.1 Å². The first-order valence-corrected chi connectivity index (χ1v) is 17.4. The molecule has 0 aliphatic carbocycles. The standard InChI is InChI=1S/C28H21N2O2.C15H28O2.Ir/c1-28(2,3)22-15-19(14-18-6-4-5-7-20(18)22)25-21-16-24(32-23(21)9-12-29-25)26-27-17(8-11-30-26)10-13-31-27;1-7-14(5,8-2)12(16)11-13(17)15(6,9-3)10-4;/h4-13,15-16H,1-3H3;11,16H,7-10H2,1-6H3;/q-1;;/b;12-11-;. The molecule has 265 valence electrons. The van der Waals surface area contributed by atoms with Gasteiger partial charge in [-0.15, -0.1) is 29.1 Å². The fourth-order valence-electron chi connectivity index (χ4n) is 6.03. The molecule has 7 heteroatoms. The number of allylic oxidation sites excluding steroid dienone is 2. The zero-order valence-electron chi connectivity index (χ0n) is 30.7. The summed E-state index contributed by atoms with van der Waals surface area (Å²) in [5, 5.41) is 14.4. The summed E-state index contributed by atoms with van der Waals surface area (Å²) >= 11 is 0. The second-order valence-corrected chi connectivity index (χ2v) is 14.5. The predicted octanol–water partition coefficient (Wildman–Crippen LogP) is 12.2. The number of benzene rings is 2. The largest absolute Gasteiger partial charge is 0.512 e. The van der Waals surface area contributed by atoms with Crippen molar-refractivity contribution in [3.05, 3.63) is 96.7 Å². The molecule has 0 aliphatic heterocycles. The van der Waals surface area contributed by atoms with Gasteiger partial charge in [0.05, 0.1) is 6.26 Å². The molecular formula is C43H49IrN2O4-. The van der Waals surface area contributed by atoms with Gasteiger partial charge in [0, 0.05) is 65.9 Å². The first-order chi connectivity index (χ1) is 23.3. The number of hydrogen-bond donors (Lipinski definition) is 1. The van der Waals surface area contributed by atoms with Crippen LogP contribution in [0.3, 0.4) is 0 Å². The van der Waals surface area contributed by atoms with Crippen molar-refractivity contribution in [2.24, 2.45) is 10.8 Å². The van der Waals surface area contributed by atoms with Crippen LogP contribution in [0.2, 0.25) is 0 Å².